The third-order valence-electron chi connectivity index (χ3n) is 2.54. The number of rotatable bonds is 1. The molecule has 0 saturated heterocycles. The maximum atomic E-state index is 12.5. The number of fused-ring (bicyclic) bond motifs is 1. The molecule has 0 atom stereocenters. The molecule has 0 bridgehead atoms. The van der Waals surface area contributed by atoms with Crippen molar-refractivity contribution < 1.29 is 28.2 Å². The quantitative estimate of drug-likeness (QED) is 0.798. The Balaban J connectivity index is 2.93. The van der Waals surface area contributed by atoms with E-state index in [2.05, 4.69) is 9.97 Å². The Kier molecular flexibility index (Phi) is 2.88. The average Bonchev–Trinajstić information content (AvgIpc) is 2.34. The van der Waals surface area contributed by atoms with Crippen LogP contribution in [0.1, 0.15) is 16.2 Å². The molecule has 0 aromatic carbocycles. The molecule has 0 saturated carbocycles. The van der Waals surface area contributed by atoms with Gasteiger partial charge in [-0.15, -0.1) is 0 Å². The van der Waals surface area contributed by atoms with Gasteiger partial charge in [-0.25, -0.2) is 14.8 Å². The first kappa shape index (κ1) is 13.8. The van der Waals surface area contributed by atoms with Crippen molar-refractivity contribution in [2.75, 3.05) is 0 Å². The van der Waals surface area contributed by atoms with E-state index >= 15 is 0 Å². The number of nitrogens with zero attached hydrogens (tertiary/aromatic N) is 3. The maximum Gasteiger partial charge on any atom is 0.451 e. The van der Waals surface area contributed by atoms with Crippen LogP contribution in [0.5, 0.6) is 5.75 Å². The molecule has 2 heterocycles. The van der Waals surface area contributed by atoms with Gasteiger partial charge in [0.1, 0.15) is 11.2 Å². The van der Waals surface area contributed by atoms with Gasteiger partial charge in [0.05, 0.1) is 0 Å². The van der Waals surface area contributed by atoms with Crippen molar-refractivity contribution in [2.45, 2.75) is 6.18 Å². The van der Waals surface area contributed by atoms with Crippen LogP contribution in [0.25, 0.3) is 11.0 Å². The van der Waals surface area contributed by atoms with Crippen LogP contribution in [-0.4, -0.2) is 25.6 Å². The summed E-state index contributed by atoms with van der Waals surface area (Å²) in [5.41, 5.74) is -2.88. The van der Waals surface area contributed by atoms with Gasteiger partial charge in [-0.1, -0.05) is 5.75 Å². The number of carbonyl (C=O) groups is 1. The minimum absolute atomic E-state index is 0.475. The van der Waals surface area contributed by atoms with Crippen molar-refractivity contribution in [3.63, 3.8) is 0 Å². The highest BCUT2D eigenvalue weighted by molar-refractivity contribution is 5.97. The molecule has 0 aliphatic heterocycles. The summed E-state index contributed by atoms with van der Waals surface area (Å²) in [7, 11) is 1.02. The molecule has 20 heavy (non-hydrogen) atoms. The van der Waals surface area contributed by atoms with Gasteiger partial charge < -0.3 is 10.2 Å². The zero-order chi connectivity index (χ0) is 15.2. The number of halogens is 3. The first-order valence-corrected chi connectivity index (χ1v) is 5.02. The molecular weight excluding hydrogens is 283 g/mol. The second-order valence-corrected chi connectivity index (χ2v) is 3.80. The second-order valence-electron chi connectivity index (χ2n) is 3.80. The Labute approximate surface area is 107 Å². The first-order valence-electron chi connectivity index (χ1n) is 5.02. The van der Waals surface area contributed by atoms with Crippen LogP contribution < -0.4 is 10.7 Å². The van der Waals surface area contributed by atoms with Crippen molar-refractivity contribution in [2.24, 2.45) is 7.05 Å². The molecule has 0 spiro atoms. The summed E-state index contributed by atoms with van der Waals surface area (Å²) in [6.45, 7) is 0. The van der Waals surface area contributed by atoms with Crippen LogP contribution in [0.3, 0.4) is 0 Å². The Bertz CT molecular complexity index is 782. The van der Waals surface area contributed by atoms with Crippen molar-refractivity contribution >= 4 is 17.0 Å². The number of hydrogen-bond donors (Lipinski definition) is 1. The largest absolute Gasteiger partial charge is 0.871 e. The van der Waals surface area contributed by atoms with Crippen molar-refractivity contribution in [3.8, 4) is 5.75 Å². The number of alkyl halides is 3. The summed E-state index contributed by atoms with van der Waals surface area (Å²) in [6, 6.07) is 0. The van der Waals surface area contributed by atoms with Gasteiger partial charge in [0.25, 0.3) is 5.56 Å². The van der Waals surface area contributed by atoms with Crippen LogP contribution >= 0.6 is 0 Å². The van der Waals surface area contributed by atoms with E-state index in [0.717, 1.165) is 7.05 Å². The monoisotopic (exact) mass is 288 g/mol. The average molecular weight is 288 g/mol. The highest BCUT2D eigenvalue weighted by Gasteiger charge is 2.35. The molecule has 10 heteroatoms. The van der Waals surface area contributed by atoms with Gasteiger partial charge in [0.15, 0.2) is 0 Å². The van der Waals surface area contributed by atoms with Gasteiger partial charge in [0, 0.05) is 18.6 Å². The Morgan fingerprint density at radius 2 is 2.05 bits per heavy atom. The van der Waals surface area contributed by atoms with Gasteiger partial charge in [-0.3, -0.25) is 9.36 Å². The molecule has 106 valence electrons. The van der Waals surface area contributed by atoms with Gasteiger partial charge in [0.2, 0.25) is 5.82 Å². The van der Waals surface area contributed by atoms with Gasteiger partial charge >= 0.3 is 12.1 Å². The van der Waals surface area contributed by atoms with E-state index in [9.17, 15) is 27.9 Å². The molecular formula is C10H5F3N3O4-. The maximum absolute atomic E-state index is 12.5. The summed E-state index contributed by atoms with van der Waals surface area (Å²) < 4.78 is 38.0. The first-order chi connectivity index (χ1) is 9.14. The molecule has 2 aromatic heterocycles. The number of aromatic nitrogens is 3. The highest BCUT2D eigenvalue weighted by Crippen LogP contribution is 2.28. The third-order valence-corrected chi connectivity index (χ3v) is 2.54. The van der Waals surface area contributed by atoms with Crippen LogP contribution in [0.2, 0.25) is 0 Å². The number of carboxylic acid groups (broad SMARTS) is 1. The van der Waals surface area contributed by atoms with E-state index in [4.69, 9.17) is 5.11 Å². The molecule has 2 rings (SSSR count). The fourth-order valence-corrected chi connectivity index (χ4v) is 1.61. The topological polar surface area (TPSA) is 108 Å². The number of aryl methyl sites for hydroxylation is 1. The summed E-state index contributed by atoms with van der Waals surface area (Å²) >= 11 is 0. The summed E-state index contributed by atoms with van der Waals surface area (Å²) in [5, 5.41) is 20.1. The molecule has 0 radical (unpaired) electrons. The van der Waals surface area contributed by atoms with Crippen molar-refractivity contribution in [1.82, 2.24) is 14.5 Å². The standard InChI is InChI=1S/C10H6F3N3O4/c1-16-6-3(2-14-9(15-6)10(11,12)13)5(17)4(7(16)18)8(19)20/h2,17H,1H3,(H,19,20)/p-1. The summed E-state index contributed by atoms with van der Waals surface area (Å²) in [5.74, 6) is -4.51. The fraction of sp³-hybridized carbons (Fsp3) is 0.200. The number of carboxylic acids is 1. The number of pyridine rings is 1. The molecule has 1 N–H and O–H groups in total. The normalized spacial score (nSPS) is 11.8. The number of aromatic carboxylic acids is 1. The third kappa shape index (κ3) is 1.94. The molecule has 7 nitrogen and oxygen atoms in total. The smallest absolute Gasteiger partial charge is 0.451 e. The minimum Gasteiger partial charge on any atom is -0.871 e. The van der Waals surface area contributed by atoms with Crippen LogP contribution in [0, 0.1) is 0 Å². The Morgan fingerprint density at radius 1 is 1.45 bits per heavy atom. The Hall–Kier alpha value is -2.65. The molecule has 2 aromatic rings. The summed E-state index contributed by atoms with van der Waals surface area (Å²) in [4.78, 5) is 28.5. The minimum atomic E-state index is -4.85. The number of hydrogen-bond acceptors (Lipinski definition) is 5. The van der Waals surface area contributed by atoms with E-state index in [-0.39, 0.29) is 0 Å². The van der Waals surface area contributed by atoms with E-state index < -0.39 is 45.9 Å². The zero-order valence-corrected chi connectivity index (χ0v) is 9.72. The van der Waals surface area contributed by atoms with E-state index in [1.54, 1.807) is 0 Å². The zero-order valence-electron chi connectivity index (χ0n) is 9.72. The van der Waals surface area contributed by atoms with E-state index in [1.165, 1.54) is 0 Å². The highest BCUT2D eigenvalue weighted by atomic mass is 19.4. The van der Waals surface area contributed by atoms with Crippen LogP contribution in [0.4, 0.5) is 13.2 Å². The predicted molar refractivity (Wildman–Crippen MR) is 56.2 cm³/mol. The lowest BCUT2D eigenvalue weighted by Gasteiger charge is -2.16. The SMILES string of the molecule is Cn1c(=O)c(C(=O)O)c([O-])c2cnc(C(F)(F)F)nc21. The molecule has 0 aliphatic carbocycles. The lowest BCUT2D eigenvalue weighted by Crippen LogP contribution is -2.28. The van der Waals surface area contributed by atoms with Crippen LogP contribution in [0.15, 0.2) is 11.0 Å². The van der Waals surface area contributed by atoms with Crippen molar-refractivity contribution in [3.05, 3.63) is 27.9 Å². The van der Waals surface area contributed by atoms with E-state index in [1.807, 2.05) is 0 Å². The molecule has 0 amide bonds. The van der Waals surface area contributed by atoms with Gasteiger partial charge in [-0.05, 0) is 0 Å². The van der Waals surface area contributed by atoms with E-state index in [0.29, 0.717) is 10.8 Å². The fourth-order valence-electron chi connectivity index (χ4n) is 1.61. The predicted octanol–water partition coefficient (Wildman–Crippen LogP) is 0.119. The van der Waals surface area contributed by atoms with Crippen LogP contribution in [-0.2, 0) is 13.2 Å². The lowest BCUT2D eigenvalue weighted by atomic mass is 10.2. The molecule has 0 aliphatic rings. The van der Waals surface area contributed by atoms with Crippen molar-refractivity contribution in [1.29, 1.82) is 0 Å². The second kappa shape index (κ2) is 4.18. The van der Waals surface area contributed by atoms with Gasteiger partial charge in [-0.2, -0.15) is 13.2 Å². The molecule has 0 fully saturated rings. The molecule has 0 unspecified atom stereocenters. The Morgan fingerprint density at radius 3 is 2.55 bits per heavy atom. The lowest BCUT2D eigenvalue weighted by molar-refractivity contribution is -0.266. The summed E-state index contributed by atoms with van der Waals surface area (Å²) in [6.07, 6.45) is -4.29.